The fourth-order valence-corrected chi connectivity index (χ4v) is 1.30. The fraction of sp³-hybridized carbons (Fsp3) is 0.111. The average molecular weight is 175 g/mol. The Kier molecular flexibility index (Phi) is 1.55. The zero-order chi connectivity index (χ0) is 9.42. The minimum atomic E-state index is -0.203. The Labute approximate surface area is 74.6 Å². The summed E-state index contributed by atoms with van der Waals surface area (Å²) in [7, 11) is 0. The maximum Gasteiger partial charge on any atom is 0.273 e. The molecule has 0 aliphatic carbocycles. The summed E-state index contributed by atoms with van der Waals surface area (Å²) < 4.78 is 1.07. The number of pyridine rings is 2. The molecule has 2 aromatic heterocycles. The molecule has 4 heteroatoms. The van der Waals surface area contributed by atoms with Crippen LogP contribution in [0.2, 0.25) is 0 Å². The minimum absolute atomic E-state index is 0.203. The number of fused-ring (bicyclic) bond motifs is 1. The highest BCUT2D eigenvalue weighted by molar-refractivity contribution is 5.75. The number of rotatable bonds is 0. The molecule has 0 atom stereocenters. The molecule has 2 aromatic rings. The predicted molar refractivity (Wildman–Crippen MR) is 50.9 cm³/mol. The number of nitrogen functional groups attached to an aromatic ring is 1. The van der Waals surface area contributed by atoms with Gasteiger partial charge in [-0.2, -0.15) is 0 Å². The molecule has 66 valence electrons. The molecule has 0 radical (unpaired) electrons. The van der Waals surface area contributed by atoms with Crippen molar-refractivity contribution < 1.29 is 0 Å². The van der Waals surface area contributed by atoms with Crippen molar-refractivity contribution in [1.82, 2.24) is 9.66 Å². The molecule has 4 nitrogen and oxygen atoms in total. The first-order valence-corrected chi connectivity index (χ1v) is 3.92. The fourth-order valence-electron chi connectivity index (χ4n) is 1.30. The second-order valence-corrected chi connectivity index (χ2v) is 2.92. The summed E-state index contributed by atoms with van der Waals surface area (Å²) in [6.07, 6.45) is 1.61. The normalized spacial score (nSPS) is 10.5. The molecule has 0 aromatic carbocycles. The zero-order valence-electron chi connectivity index (χ0n) is 7.19. The van der Waals surface area contributed by atoms with E-state index >= 15 is 0 Å². The molecule has 0 aliphatic rings. The van der Waals surface area contributed by atoms with Crippen molar-refractivity contribution in [2.24, 2.45) is 0 Å². The van der Waals surface area contributed by atoms with E-state index in [-0.39, 0.29) is 5.56 Å². The Morgan fingerprint density at radius 1 is 1.54 bits per heavy atom. The van der Waals surface area contributed by atoms with Crippen molar-refractivity contribution >= 4 is 11.0 Å². The molecule has 0 amide bonds. The van der Waals surface area contributed by atoms with Gasteiger partial charge in [0.2, 0.25) is 0 Å². The van der Waals surface area contributed by atoms with Crippen molar-refractivity contribution in [3.05, 3.63) is 40.3 Å². The number of aryl methyl sites for hydroxylation is 1. The smallest absolute Gasteiger partial charge is 0.273 e. The first-order valence-electron chi connectivity index (χ1n) is 3.92. The van der Waals surface area contributed by atoms with Crippen molar-refractivity contribution in [3.63, 3.8) is 0 Å². The van der Waals surface area contributed by atoms with Crippen LogP contribution < -0.4 is 11.4 Å². The summed E-state index contributed by atoms with van der Waals surface area (Å²) in [5.74, 6) is 5.56. The van der Waals surface area contributed by atoms with Crippen molar-refractivity contribution in [2.75, 3.05) is 5.84 Å². The zero-order valence-corrected chi connectivity index (χ0v) is 7.19. The first-order chi connectivity index (χ1) is 6.20. The molecule has 2 N–H and O–H groups in total. The summed E-state index contributed by atoms with van der Waals surface area (Å²) in [5.41, 5.74) is 0.937. The molecule has 0 saturated carbocycles. The molecule has 0 saturated heterocycles. The largest absolute Gasteiger partial charge is 0.334 e. The third-order valence-electron chi connectivity index (χ3n) is 1.97. The Morgan fingerprint density at radius 2 is 2.31 bits per heavy atom. The van der Waals surface area contributed by atoms with E-state index in [1.54, 1.807) is 19.2 Å². The lowest BCUT2D eigenvalue weighted by Gasteiger charge is -2.03. The molecule has 0 bridgehead atoms. The van der Waals surface area contributed by atoms with Crippen LogP contribution in [0, 0.1) is 6.92 Å². The Balaban J connectivity index is 3.02. The third kappa shape index (κ3) is 1.07. The standard InChI is InChI=1S/C9H9N3O/c1-6-5-7-3-2-4-11-8(7)12(10)9(6)13/h2-5H,10H2,1H3. The van der Waals surface area contributed by atoms with Crippen molar-refractivity contribution in [1.29, 1.82) is 0 Å². The van der Waals surface area contributed by atoms with Gasteiger partial charge in [-0.05, 0) is 25.1 Å². The third-order valence-corrected chi connectivity index (χ3v) is 1.97. The number of nitrogens with two attached hydrogens (primary N) is 1. The van der Waals surface area contributed by atoms with Crippen LogP contribution in [-0.4, -0.2) is 9.66 Å². The van der Waals surface area contributed by atoms with E-state index in [0.29, 0.717) is 11.2 Å². The number of nitrogens with zero attached hydrogens (tertiary/aromatic N) is 2. The van der Waals surface area contributed by atoms with E-state index in [1.807, 2.05) is 12.1 Å². The van der Waals surface area contributed by atoms with Gasteiger partial charge in [-0.15, -0.1) is 0 Å². The maximum absolute atomic E-state index is 11.4. The number of hydrogen-bond acceptors (Lipinski definition) is 3. The molecule has 0 aliphatic heterocycles. The van der Waals surface area contributed by atoms with Gasteiger partial charge in [-0.3, -0.25) is 4.79 Å². The van der Waals surface area contributed by atoms with Crippen molar-refractivity contribution in [2.45, 2.75) is 6.92 Å². The van der Waals surface area contributed by atoms with Crippen LogP contribution >= 0.6 is 0 Å². The van der Waals surface area contributed by atoms with Gasteiger partial charge in [-0.1, -0.05) is 0 Å². The molecule has 2 heterocycles. The van der Waals surface area contributed by atoms with Gasteiger partial charge in [0.1, 0.15) is 0 Å². The SMILES string of the molecule is Cc1cc2cccnc2n(N)c1=O. The van der Waals surface area contributed by atoms with Crippen LogP contribution in [-0.2, 0) is 0 Å². The quantitative estimate of drug-likeness (QED) is 0.590. The summed E-state index contributed by atoms with van der Waals surface area (Å²) in [6, 6.07) is 5.47. The Hall–Kier alpha value is -1.84. The molecule has 0 spiro atoms. The number of aromatic nitrogens is 2. The Bertz CT molecular complexity index is 516. The minimum Gasteiger partial charge on any atom is -0.334 e. The topological polar surface area (TPSA) is 60.9 Å². The van der Waals surface area contributed by atoms with Gasteiger partial charge < -0.3 is 5.84 Å². The van der Waals surface area contributed by atoms with Crippen LogP contribution in [0.25, 0.3) is 11.0 Å². The van der Waals surface area contributed by atoms with Crippen molar-refractivity contribution in [3.8, 4) is 0 Å². The van der Waals surface area contributed by atoms with Gasteiger partial charge in [0, 0.05) is 17.1 Å². The van der Waals surface area contributed by atoms with E-state index in [2.05, 4.69) is 4.98 Å². The Morgan fingerprint density at radius 3 is 3.08 bits per heavy atom. The van der Waals surface area contributed by atoms with Crippen LogP contribution in [0.4, 0.5) is 0 Å². The van der Waals surface area contributed by atoms with E-state index in [9.17, 15) is 4.79 Å². The molecular formula is C9H9N3O. The highest BCUT2D eigenvalue weighted by Crippen LogP contribution is 2.07. The highest BCUT2D eigenvalue weighted by atomic mass is 16.1. The second-order valence-electron chi connectivity index (χ2n) is 2.92. The predicted octanol–water partition coefficient (Wildman–Crippen LogP) is 0.419. The molecule has 0 unspecified atom stereocenters. The highest BCUT2D eigenvalue weighted by Gasteiger charge is 2.02. The first kappa shape index (κ1) is 7.79. The van der Waals surface area contributed by atoms with E-state index in [4.69, 9.17) is 5.84 Å². The molecule has 0 fully saturated rings. The van der Waals surface area contributed by atoms with Crippen LogP contribution in [0.5, 0.6) is 0 Å². The van der Waals surface area contributed by atoms with E-state index in [1.165, 1.54) is 0 Å². The molecule has 13 heavy (non-hydrogen) atoms. The average Bonchev–Trinajstić information content (AvgIpc) is 2.15. The monoisotopic (exact) mass is 175 g/mol. The molecular weight excluding hydrogens is 166 g/mol. The molecule has 2 rings (SSSR count). The lowest BCUT2D eigenvalue weighted by atomic mass is 10.2. The van der Waals surface area contributed by atoms with Gasteiger partial charge in [0.05, 0.1) is 0 Å². The summed E-state index contributed by atoms with van der Waals surface area (Å²) >= 11 is 0. The van der Waals surface area contributed by atoms with Crippen LogP contribution in [0.1, 0.15) is 5.56 Å². The maximum atomic E-state index is 11.4. The van der Waals surface area contributed by atoms with Gasteiger partial charge >= 0.3 is 0 Å². The van der Waals surface area contributed by atoms with E-state index < -0.39 is 0 Å². The van der Waals surface area contributed by atoms with Crippen LogP contribution in [0.3, 0.4) is 0 Å². The summed E-state index contributed by atoms with van der Waals surface area (Å²) in [5, 5.41) is 0.877. The summed E-state index contributed by atoms with van der Waals surface area (Å²) in [6.45, 7) is 1.73. The second kappa shape index (κ2) is 2.58. The van der Waals surface area contributed by atoms with E-state index in [0.717, 1.165) is 10.1 Å². The van der Waals surface area contributed by atoms with Gasteiger partial charge in [0.15, 0.2) is 5.65 Å². The van der Waals surface area contributed by atoms with Gasteiger partial charge in [-0.25, -0.2) is 9.66 Å². The van der Waals surface area contributed by atoms with Gasteiger partial charge in [0.25, 0.3) is 5.56 Å². The van der Waals surface area contributed by atoms with Crippen LogP contribution in [0.15, 0.2) is 29.2 Å². The lowest BCUT2D eigenvalue weighted by molar-refractivity contribution is 0.948. The number of hydrogen-bond donors (Lipinski definition) is 1. The summed E-state index contributed by atoms with van der Waals surface area (Å²) in [4.78, 5) is 15.4. The lowest BCUT2D eigenvalue weighted by Crippen LogP contribution is -2.29.